The molecule has 4 aliphatic heterocycles. The fourth-order valence-electron chi connectivity index (χ4n) is 7.22. The molecular weight excluding hydrogens is 637 g/mol. The number of carbonyl (C=O) groups is 1. The van der Waals surface area contributed by atoms with Crippen LogP contribution >= 0.6 is 0 Å². The topological polar surface area (TPSA) is 136 Å². The number of carbonyl (C=O) groups excluding carboxylic acids is 1. The lowest BCUT2D eigenvalue weighted by atomic mass is 9.89. The number of likely N-dealkylation sites (tertiary alicyclic amines) is 1. The highest BCUT2D eigenvalue weighted by atomic mass is 19.1. The maximum absolute atomic E-state index is 15.7. The number of hydrogen-bond acceptors (Lipinski definition) is 10. The molecule has 3 aromatic rings. The minimum absolute atomic E-state index is 0.137. The Morgan fingerprint density at radius 2 is 1.90 bits per heavy atom. The summed E-state index contributed by atoms with van der Waals surface area (Å²) in [6, 6.07) is 16.6. The molecule has 0 radical (unpaired) electrons. The van der Waals surface area contributed by atoms with E-state index in [1.54, 1.807) is 33.8 Å². The predicted octanol–water partition coefficient (Wildman–Crippen LogP) is 4.18. The Labute approximate surface area is 291 Å². The summed E-state index contributed by atoms with van der Waals surface area (Å²) < 4.78 is 28.5. The van der Waals surface area contributed by atoms with Crippen molar-refractivity contribution in [3.63, 3.8) is 0 Å². The molecule has 1 amide bonds. The molecular formula is C37H43FN9O3+. The number of nitrogens with zero attached hydrogens (tertiary/aromatic N) is 8. The van der Waals surface area contributed by atoms with Gasteiger partial charge in [0.2, 0.25) is 12.2 Å². The van der Waals surface area contributed by atoms with Crippen LogP contribution in [0.15, 0.2) is 60.0 Å². The predicted molar refractivity (Wildman–Crippen MR) is 186 cm³/mol. The highest BCUT2D eigenvalue weighted by molar-refractivity contribution is 6.18. The number of fused-ring (bicyclic) bond motifs is 1. The van der Waals surface area contributed by atoms with Crippen LogP contribution in [0.2, 0.25) is 0 Å². The van der Waals surface area contributed by atoms with Crippen LogP contribution in [-0.2, 0) is 9.53 Å². The average molecular weight is 681 g/mol. The van der Waals surface area contributed by atoms with Crippen molar-refractivity contribution in [3.05, 3.63) is 71.8 Å². The van der Waals surface area contributed by atoms with Crippen LogP contribution in [-0.4, -0.2) is 111 Å². The number of aromatic nitrogens is 2. The van der Waals surface area contributed by atoms with E-state index in [0.717, 1.165) is 51.5 Å². The van der Waals surface area contributed by atoms with Crippen LogP contribution in [0.1, 0.15) is 50.7 Å². The lowest BCUT2D eigenvalue weighted by Gasteiger charge is -2.47. The molecule has 0 aliphatic carbocycles. The van der Waals surface area contributed by atoms with Gasteiger partial charge in [0, 0.05) is 56.3 Å². The second-order valence-corrected chi connectivity index (χ2v) is 14.0. The van der Waals surface area contributed by atoms with Crippen LogP contribution in [0, 0.1) is 23.1 Å². The maximum atomic E-state index is 15.7. The van der Waals surface area contributed by atoms with Crippen LogP contribution in [0.25, 0.3) is 0 Å². The van der Waals surface area contributed by atoms with Crippen molar-refractivity contribution in [1.29, 1.82) is 5.26 Å². The standard InChI is InChI=1S/C37H43FN9O3/c1-37(2,46-17-15-44(16-18-46)27-22-49-23-27)13-12-25(20-39)36(48)45-14-6-7-26(21-45)47-35-32(34(40)41-24-42-35)33(43-47)30-11-10-29(19-31(30)38)50-28-8-4-3-5-9-28/h3-5,8-11,19,24-25,27H,6-7,12-18,21-23H2,1-2H3,(H2,40,41,42)/q+1/b47-26-. The Hall–Kier alpha value is -4.77. The SMILES string of the molecule is CC(C)(CCC(C#N)C(=O)N1CCC/C(=[N+]2/N=C(c3ccc(Oc4ccccc4)cc3F)c3c(N)ncnc32)C1)N1CCN(C2COC2)CC1. The van der Waals surface area contributed by atoms with Gasteiger partial charge in [0.15, 0.2) is 0 Å². The number of nitrogens with two attached hydrogens (primary N) is 1. The number of benzene rings is 2. The van der Waals surface area contributed by atoms with Gasteiger partial charge in [-0.2, -0.15) is 10.2 Å². The van der Waals surface area contributed by atoms with E-state index in [9.17, 15) is 10.1 Å². The number of hydrogen-bond donors (Lipinski definition) is 1. The molecule has 0 bridgehead atoms. The van der Waals surface area contributed by atoms with Crippen molar-refractivity contribution < 1.29 is 23.3 Å². The third-order valence-electron chi connectivity index (χ3n) is 10.4. The summed E-state index contributed by atoms with van der Waals surface area (Å²) in [7, 11) is 0. The monoisotopic (exact) mass is 680 g/mol. The van der Waals surface area contributed by atoms with Gasteiger partial charge in [-0.15, -0.1) is 0 Å². The first-order valence-corrected chi connectivity index (χ1v) is 17.3. The van der Waals surface area contributed by atoms with E-state index in [4.69, 9.17) is 20.3 Å². The molecule has 3 saturated heterocycles. The fourth-order valence-corrected chi connectivity index (χ4v) is 7.22. The Morgan fingerprint density at radius 3 is 2.60 bits per heavy atom. The quantitative estimate of drug-likeness (QED) is 0.330. The molecule has 13 heteroatoms. The Morgan fingerprint density at radius 1 is 1.12 bits per heavy atom. The van der Waals surface area contributed by atoms with Crippen LogP contribution in [0.4, 0.5) is 16.0 Å². The molecule has 7 rings (SSSR count). The highest BCUT2D eigenvalue weighted by Crippen LogP contribution is 2.34. The van der Waals surface area contributed by atoms with Crippen LogP contribution < -0.4 is 10.5 Å². The van der Waals surface area contributed by atoms with E-state index in [1.165, 1.54) is 12.4 Å². The highest BCUT2D eigenvalue weighted by Gasteiger charge is 2.39. The average Bonchev–Trinajstić information content (AvgIpc) is 3.49. The zero-order valence-electron chi connectivity index (χ0n) is 28.6. The normalized spacial score (nSPS) is 20.8. The van der Waals surface area contributed by atoms with Gasteiger partial charge in [0.25, 0.3) is 0 Å². The lowest BCUT2D eigenvalue weighted by molar-refractivity contribution is -0.448. The molecule has 1 unspecified atom stereocenters. The van der Waals surface area contributed by atoms with Gasteiger partial charge >= 0.3 is 5.82 Å². The van der Waals surface area contributed by atoms with E-state index in [2.05, 4.69) is 39.7 Å². The molecule has 3 fully saturated rings. The summed E-state index contributed by atoms with van der Waals surface area (Å²) in [5, 5.41) is 15.0. The molecule has 5 heterocycles. The number of amides is 1. The fraction of sp³-hybridized carbons (Fsp3) is 0.459. The largest absolute Gasteiger partial charge is 0.457 e. The Balaban J connectivity index is 1.06. The number of anilines is 1. The summed E-state index contributed by atoms with van der Waals surface area (Å²) in [5.74, 6) is 0.0827. The second kappa shape index (κ2) is 14.2. The molecule has 2 aromatic carbocycles. The summed E-state index contributed by atoms with van der Waals surface area (Å²) in [5.41, 5.74) is 7.97. The van der Waals surface area contributed by atoms with Crippen LogP contribution in [0.5, 0.6) is 11.5 Å². The van der Waals surface area contributed by atoms with Gasteiger partial charge in [-0.05, 0) is 62.4 Å². The number of hydrazone groups is 1. The first-order chi connectivity index (χ1) is 24.2. The van der Waals surface area contributed by atoms with Crippen molar-refractivity contribution >= 4 is 29.0 Å². The molecule has 260 valence electrons. The van der Waals surface area contributed by atoms with Crippen molar-refractivity contribution in [2.75, 3.05) is 58.2 Å². The van der Waals surface area contributed by atoms with Crippen LogP contribution in [0.3, 0.4) is 0 Å². The summed E-state index contributed by atoms with van der Waals surface area (Å²) in [6.45, 7) is 10.8. The number of nitriles is 1. The minimum Gasteiger partial charge on any atom is -0.457 e. The van der Waals surface area contributed by atoms with Crippen molar-refractivity contribution in [2.45, 2.75) is 51.1 Å². The van der Waals surface area contributed by atoms with Gasteiger partial charge in [0.05, 0.1) is 31.9 Å². The molecule has 50 heavy (non-hydrogen) atoms. The van der Waals surface area contributed by atoms with E-state index in [1.807, 2.05) is 18.2 Å². The van der Waals surface area contributed by atoms with Gasteiger partial charge in [-0.3, -0.25) is 14.6 Å². The number of ether oxygens (including phenoxy) is 2. The molecule has 0 saturated carbocycles. The number of piperazine rings is 1. The number of para-hydroxylation sites is 1. The molecule has 1 atom stereocenters. The number of nitrogen functional groups attached to an aromatic ring is 1. The number of halogens is 1. The Bertz CT molecular complexity index is 1850. The van der Waals surface area contributed by atoms with Gasteiger partial charge in [-0.25, -0.2) is 4.39 Å². The molecule has 12 nitrogen and oxygen atoms in total. The third-order valence-corrected chi connectivity index (χ3v) is 10.4. The van der Waals surface area contributed by atoms with Crippen molar-refractivity contribution in [2.24, 2.45) is 11.0 Å². The Kier molecular flexibility index (Phi) is 9.59. The first-order valence-electron chi connectivity index (χ1n) is 17.3. The van der Waals surface area contributed by atoms with Crippen molar-refractivity contribution in [3.8, 4) is 17.6 Å². The molecule has 2 N–H and O–H groups in total. The molecule has 4 aliphatic rings. The number of piperidine rings is 1. The summed E-state index contributed by atoms with van der Waals surface area (Å²) >= 11 is 0. The zero-order valence-corrected chi connectivity index (χ0v) is 28.6. The van der Waals surface area contributed by atoms with E-state index >= 15 is 4.39 Å². The minimum atomic E-state index is -0.754. The first kappa shape index (κ1) is 33.7. The lowest BCUT2D eigenvalue weighted by Crippen LogP contribution is -2.60. The number of rotatable bonds is 9. The molecule has 1 aromatic heterocycles. The van der Waals surface area contributed by atoms with Gasteiger partial charge < -0.3 is 20.1 Å². The van der Waals surface area contributed by atoms with E-state index < -0.39 is 11.7 Å². The molecule has 0 spiro atoms. The van der Waals surface area contributed by atoms with E-state index in [0.29, 0.717) is 60.4 Å². The van der Waals surface area contributed by atoms with E-state index in [-0.39, 0.29) is 29.4 Å². The maximum Gasteiger partial charge on any atom is 0.363 e. The second-order valence-electron chi connectivity index (χ2n) is 14.0. The smallest absolute Gasteiger partial charge is 0.363 e. The summed E-state index contributed by atoms with van der Waals surface area (Å²) in [4.78, 5) is 29.2. The van der Waals surface area contributed by atoms with Gasteiger partial charge in [0.1, 0.15) is 46.0 Å². The van der Waals surface area contributed by atoms with Crippen molar-refractivity contribution in [1.82, 2.24) is 24.7 Å². The zero-order chi connectivity index (χ0) is 34.8. The van der Waals surface area contributed by atoms with Gasteiger partial charge in [-0.1, -0.05) is 28.0 Å². The third kappa shape index (κ3) is 6.83. The summed E-state index contributed by atoms with van der Waals surface area (Å²) in [6.07, 6.45) is 3.91.